The van der Waals surface area contributed by atoms with Gasteiger partial charge in [-0.25, -0.2) is 4.98 Å². The van der Waals surface area contributed by atoms with Gasteiger partial charge in [-0.2, -0.15) is 0 Å². The second-order valence-corrected chi connectivity index (χ2v) is 4.46. The van der Waals surface area contributed by atoms with Crippen LogP contribution in [0.4, 0.5) is 5.13 Å². The molecule has 0 N–H and O–H groups in total. The van der Waals surface area contributed by atoms with E-state index in [1.54, 1.807) is 17.5 Å². The van der Waals surface area contributed by atoms with E-state index in [9.17, 15) is 0 Å². The lowest BCUT2D eigenvalue weighted by Gasteiger charge is -2.33. The quantitative estimate of drug-likeness (QED) is 0.704. The number of hydrogen-bond donors (Lipinski definition) is 0. The van der Waals surface area contributed by atoms with E-state index in [-0.39, 0.29) is 5.54 Å². The molecule has 0 fully saturated rings. The van der Waals surface area contributed by atoms with Crippen molar-refractivity contribution in [2.24, 2.45) is 0 Å². The summed E-state index contributed by atoms with van der Waals surface area (Å²) >= 11 is 7.47. The molecule has 0 bridgehead atoms. The van der Waals surface area contributed by atoms with Crippen LogP contribution in [-0.2, 0) is 0 Å². The molecule has 1 heterocycles. The van der Waals surface area contributed by atoms with Crippen LogP contribution in [0, 0.1) is 0 Å². The Balaban J connectivity index is 2.78. The molecule has 0 unspecified atom stereocenters. The molecule has 0 aliphatic rings. The van der Waals surface area contributed by atoms with Gasteiger partial charge in [0.1, 0.15) is 0 Å². The van der Waals surface area contributed by atoms with Gasteiger partial charge in [-0.05, 0) is 13.8 Å². The summed E-state index contributed by atoms with van der Waals surface area (Å²) in [7, 11) is 2.02. The molecule has 0 aromatic carbocycles. The lowest BCUT2D eigenvalue weighted by Crippen LogP contribution is -2.42. The molecular weight excluding hydrogens is 192 g/mol. The lowest BCUT2D eigenvalue weighted by atomic mass is 10.1. The molecule has 0 atom stereocenters. The molecule has 0 radical (unpaired) electrons. The summed E-state index contributed by atoms with van der Waals surface area (Å²) in [6.07, 6.45) is 1.81. The van der Waals surface area contributed by atoms with Gasteiger partial charge in [-0.1, -0.05) is 0 Å². The Morgan fingerprint density at radius 3 is 2.75 bits per heavy atom. The Morgan fingerprint density at radius 1 is 1.67 bits per heavy atom. The normalized spacial score (nSPS) is 11.7. The maximum absolute atomic E-state index is 5.84. The molecule has 12 heavy (non-hydrogen) atoms. The van der Waals surface area contributed by atoms with Crippen molar-refractivity contribution in [3.8, 4) is 0 Å². The number of anilines is 1. The van der Waals surface area contributed by atoms with E-state index in [1.165, 1.54) is 0 Å². The standard InChI is InChI=1S/C8H13ClN2S/c1-8(2,6-9)11(3)7-10-4-5-12-7/h4-5H,6H2,1-3H3. The van der Waals surface area contributed by atoms with Crippen LogP contribution in [0.3, 0.4) is 0 Å². The van der Waals surface area contributed by atoms with Crippen LogP contribution < -0.4 is 4.90 Å². The fourth-order valence-electron chi connectivity index (χ4n) is 0.730. The summed E-state index contributed by atoms with van der Waals surface area (Å²) in [5.41, 5.74) is -0.0284. The smallest absolute Gasteiger partial charge is 0.185 e. The van der Waals surface area contributed by atoms with Gasteiger partial charge in [0.15, 0.2) is 5.13 Å². The third-order valence-corrected chi connectivity index (χ3v) is 3.44. The van der Waals surface area contributed by atoms with Crippen molar-refractivity contribution in [1.82, 2.24) is 4.98 Å². The van der Waals surface area contributed by atoms with Crippen molar-refractivity contribution >= 4 is 28.1 Å². The number of alkyl halides is 1. The van der Waals surface area contributed by atoms with Crippen LogP contribution in [0.1, 0.15) is 13.8 Å². The van der Waals surface area contributed by atoms with Crippen molar-refractivity contribution in [3.05, 3.63) is 11.6 Å². The zero-order valence-corrected chi connectivity index (χ0v) is 9.11. The predicted molar refractivity (Wildman–Crippen MR) is 55.3 cm³/mol. The van der Waals surface area contributed by atoms with Gasteiger partial charge in [0.2, 0.25) is 0 Å². The minimum atomic E-state index is -0.0284. The average molecular weight is 205 g/mol. The number of thiazole rings is 1. The van der Waals surface area contributed by atoms with Crippen molar-refractivity contribution in [2.45, 2.75) is 19.4 Å². The van der Waals surface area contributed by atoms with E-state index >= 15 is 0 Å². The predicted octanol–water partition coefficient (Wildman–Crippen LogP) is 2.60. The number of nitrogens with zero attached hydrogens (tertiary/aromatic N) is 2. The molecule has 2 nitrogen and oxygen atoms in total. The van der Waals surface area contributed by atoms with E-state index in [4.69, 9.17) is 11.6 Å². The summed E-state index contributed by atoms with van der Waals surface area (Å²) in [6, 6.07) is 0. The van der Waals surface area contributed by atoms with Gasteiger partial charge >= 0.3 is 0 Å². The van der Waals surface area contributed by atoms with E-state index in [0.29, 0.717) is 5.88 Å². The number of hydrogen-bond acceptors (Lipinski definition) is 3. The Hall–Kier alpha value is -0.280. The summed E-state index contributed by atoms with van der Waals surface area (Å²) in [4.78, 5) is 6.32. The molecule has 0 amide bonds. The fourth-order valence-corrected chi connectivity index (χ4v) is 1.68. The summed E-state index contributed by atoms with van der Waals surface area (Å²) in [5.74, 6) is 0.600. The molecule has 1 rings (SSSR count). The van der Waals surface area contributed by atoms with Gasteiger partial charge in [0.05, 0.1) is 0 Å². The highest BCUT2D eigenvalue weighted by Crippen LogP contribution is 2.24. The van der Waals surface area contributed by atoms with Crippen LogP contribution >= 0.6 is 22.9 Å². The second kappa shape index (κ2) is 3.62. The van der Waals surface area contributed by atoms with Crippen molar-refractivity contribution in [1.29, 1.82) is 0 Å². The molecule has 1 aromatic rings. The maximum atomic E-state index is 5.84. The molecular formula is C8H13ClN2S. The number of halogens is 1. The van der Waals surface area contributed by atoms with Crippen LogP contribution in [0.25, 0.3) is 0 Å². The molecule has 0 spiro atoms. The minimum absolute atomic E-state index is 0.0284. The van der Waals surface area contributed by atoms with Crippen molar-refractivity contribution in [3.63, 3.8) is 0 Å². The first-order valence-electron chi connectivity index (χ1n) is 3.77. The Morgan fingerprint density at radius 2 is 2.33 bits per heavy atom. The minimum Gasteiger partial charge on any atom is -0.345 e. The van der Waals surface area contributed by atoms with Gasteiger partial charge < -0.3 is 4.90 Å². The first kappa shape index (κ1) is 9.81. The van der Waals surface area contributed by atoms with Gasteiger partial charge in [-0.3, -0.25) is 0 Å². The zero-order chi connectivity index (χ0) is 9.19. The molecule has 4 heteroatoms. The topological polar surface area (TPSA) is 16.1 Å². The Labute approximate surface area is 82.2 Å². The largest absolute Gasteiger partial charge is 0.345 e. The van der Waals surface area contributed by atoms with Gasteiger partial charge in [-0.15, -0.1) is 22.9 Å². The molecule has 0 saturated carbocycles. The molecule has 0 saturated heterocycles. The highest BCUT2D eigenvalue weighted by atomic mass is 35.5. The van der Waals surface area contributed by atoms with E-state index < -0.39 is 0 Å². The van der Waals surface area contributed by atoms with Crippen molar-refractivity contribution < 1.29 is 0 Å². The van der Waals surface area contributed by atoms with Crippen LogP contribution in [0.5, 0.6) is 0 Å². The van der Waals surface area contributed by atoms with E-state index in [2.05, 4.69) is 23.7 Å². The lowest BCUT2D eigenvalue weighted by molar-refractivity contribution is 0.544. The van der Waals surface area contributed by atoms with Crippen LogP contribution in [0.15, 0.2) is 11.6 Å². The molecule has 1 aromatic heterocycles. The molecule has 0 aliphatic carbocycles. The third kappa shape index (κ3) is 1.90. The SMILES string of the molecule is CN(c1nccs1)C(C)(C)CCl. The highest BCUT2D eigenvalue weighted by molar-refractivity contribution is 7.13. The average Bonchev–Trinajstić information content (AvgIpc) is 2.55. The summed E-state index contributed by atoms with van der Waals surface area (Å²) in [5, 5.41) is 2.98. The highest BCUT2D eigenvalue weighted by Gasteiger charge is 2.23. The third-order valence-electron chi connectivity index (χ3n) is 1.94. The maximum Gasteiger partial charge on any atom is 0.185 e. The van der Waals surface area contributed by atoms with E-state index in [0.717, 1.165) is 5.13 Å². The fraction of sp³-hybridized carbons (Fsp3) is 0.625. The van der Waals surface area contributed by atoms with Gasteiger partial charge in [0, 0.05) is 30.0 Å². The number of aromatic nitrogens is 1. The molecule has 68 valence electrons. The molecule has 0 aliphatic heterocycles. The summed E-state index contributed by atoms with van der Waals surface area (Å²) < 4.78 is 0. The Kier molecular flexibility index (Phi) is 2.96. The second-order valence-electron chi connectivity index (χ2n) is 3.32. The van der Waals surface area contributed by atoms with E-state index in [1.807, 2.05) is 12.4 Å². The monoisotopic (exact) mass is 204 g/mol. The number of rotatable bonds is 3. The summed E-state index contributed by atoms with van der Waals surface area (Å²) in [6.45, 7) is 4.20. The van der Waals surface area contributed by atoms with Crippen LogP contribution in [-0.4, -0.2) is 23.5 Å². The van der Waals surface area contributed by atoms with Crippen LogP contribution in [0.2, 0.25) is 0 Å². The first-order chi connectivity index (χ1) is 5.58. The van der Waals surface area contributed by atoms with Crippen molar-refractivity contribution in [2.75, 3.05) is 17.8 Å². The zero-order valence-electron chi connectivity index (χ0n) is 7.54. The first-order valence-corrected chi connectivity index (χ1v) is 5.18. The van der Waals surface area contributed by atoms with Gasteiger partial charge in [0.25, 0.3) is 0 Å². The Bertz CT molecular complexity index is 233.